The number of halogens is 2. The SMILES string of the molecule is CCn1ccc2cc(F)c(F)cc21. The van der Waals surface area contributed by atoms with Gasteiger partial charge in [-0.05, 0) is 19.1 Å². The fraction of sp³-hybridized carbons (Fsp3) is 0.200. The number of aryl methyl sites for hydroxylation is 1. The predicted molar refractivity (Wildman–Crippen MR) is 47.5 cm³/mol. The van der Waals surface area contributed by atoms with Crippen LogP contribution in [-0.2, 0) is 6.54 Å². The van der Waals surface area contributed by atoms with E-state index in [9.17, 15) is 8.78 Å². The van der Waals surface area contributed by atoms with Crippen LogP contribution in [0.2, 0.25) is 0 Å². The highest BCUT2D eigenvalue weighted by atomic mass is 19.2. The van der Waals surface area contributed by atoms with Gasteiger partial charge in [0, 0.05) is 24.2 Å². The molecule has 1 aromatic heterocycles. The van der Waals surface area contributed by atoms with Crippen LogP contribution in [-0.4, -0.2) is 4.57 Å². The molecule has 0 N–H and O–H groups in total. The molecule has 0 saturated carbocycles. The zero-order valence-corrected chi connectivity index (χ0v) is 7.22. The molecule has 0 spiro atoms. The first kappa shape index (κ1) is 8.23. The molecule has 1 heterocycles. The summed E-state index contributed by atoms with van der Waals surface area (Å²) in [5, 5.41) is 0.737. The Hall–Kier alpha value is -1.38. The van der Waals surface area contributed by atoms with Gasteiger partial charge in [0.1, 0.15) is 0 Å². The second kappa shape index (κ2) is 2.83. The summed E-state index contributed by atoms with van der Waals surface area (Å²) < 4.78 is 27.5. The lowest BCUT2D eigenvalue weighted by molar-refractivity contribution is 0.510. The van der Waals surface area contributed by atoms with Gasteiger partial charge in [0.2, 0.25) is 0 Å². The molecule has 0 aliphatic rings. The Morgan fingerprint density at radius 3 is 2.62 bits per heavy atom. The molecule has 2 rings (SSSR count). The summed E-state index contributed by atoms with van der Waals surface area (Å²) in [5.74, 6) is -1.58. The van der Waals surface area contributed by atoms with Crippen LogP contribution in [0.1, 0.15) is 6.92 Å². The van der Waals surface area contributed by atoms with E-state index in [1.165, 1.54) is 12.1 Å². The standard InChI is InChI=1S/C10H9F2N/c1-2-13-4-3-7-5-8(11)9(12)6-10(7)13/h3-6H,2H2,1H3. The maximum Gasteiger partial charge on any atom is 0.160 e. The molecule has 0 unspecified atom stereocenters. The van der Waals surface area contributed by atoms with Crippen LogP contribution < -0.4 is 0 Å². The van der Waals surface area contributed by atoms with Crippen molar-refractivity contribution < 1.29 is 8.78 Å². The van der Waals surface area contributed by atoms with Crippen LogP contribution in [0, 0.1) is 11.6 Å². The monoisotopic (exact) mass is 181 g/mol. The summed E-state index contributed by atoms with van der Waals surface area (Å²) in [6.07, 6.45) is 1.82. The lowest BCUT2D eigenvalue weighted by Crippen LogP contribution is -1.92. The molecule has 1 nitrogen and oxygen atoms in total. The maximum atomic E-state index is 12.9. The first-order valence-corrected chi connectivity index (χ1v) is 4.16. The average Bonchev–Trinajstić information content (AvgIpc) is 2.48. The third-order valence-electron chi connectivity index (χ3n) is 2.15. The number of hydrogen-bond donors (Lipinski definition) is 0. The van der Waals surface area contributed by atoms with E-state index < -0.39 is 11.6 Å². The van der Waals surface area contributed by atoms with E-state index in [0.717, 1.165) is 17.4 Å². The van der Waals surface area contributed by atoms with Gasteiger partial charge >= 0.3 is 0 Å². The highest BCUT2D eigenvalue weighted by Gasteiger charge is 2.06. The minimum Gasteiger partial charge on any atom is -0.348 e. The molecule has 68 valence electrons. The molecule has 3 heteroatoms. The van der Waals surface area contributed by atoms with Gasteiger partial charge in [-0.25, -0.2) is 8.78 Å². The molecule has 0 radical (unpaired) electrons. The van der Waals surface area contributed by atoms with Crippen molar-refractivity contribution in [2.24, 2.45) is 0 Å². The second-order valence-electron chi connectivity index (χ2n) is 2.93. The normalized spacial score (nSPS) is 11.0. The van der Waals surface area contributed by atoms with E-state index in [0.29, 0.717) is 0 Å². The lowest BCUT2D eigenvalue weighted by atomic mass is 10.2. The molecule has 2 aromatic rings. The van der Waals surface area contributed by atoms with E-state index in [1.54, 1.807) is 6.07 Å². The number of benzene rings is 1. The van der Waals surface area contributed by atoms with Gasteiger partial charge in [0.15, 0.2) is 11.6 Å². The van der Waals surface area contributed by atoms with E-state index in [1.807, 2.05) is 17.7 Å². The lowest BCUT2D eigenvalue weighted by Gasteiger charge is -2.00. The molecule has 0 aliphatic carbocycles. The Balaban J connectivity index is 2.77. The summed E-state index contributed by atoms with van der Waals surface area (Å²) in [6.45, 7) is 2.72. The van der Waals surface area contributed by atoms with Gasteiger partial charge in [-0.3, -0.25) is 0 Å². The fourth-order valence-electron chi connectivity index (χ4n) is 1.46. The van der Waals surface area contributed by atoms with Crippen LogP contribution >= 0.6 is 0 Å². The first-order chi connectivity index (χ1) is 6.22. The van der Waals surface area contributed by atoms with E-state index in [4.69, 9.17) is 0 Å². The minimum atomic E-state index is -0.791. The molecular weight excluding hydrogens is 172 g/mol. The Bertz CT molecular complexity index is 445. The van der Waals surface area contributed by atoms with E-state index in [2.05, 4.69) is 0 Å². The predicted octanol–water partition coefficient (Wildman–Crippen LogP) is 2.94. The van der Waals surface area contributed by atoms with Crippen molar-refractivity contribution in [3.8, 4) is 0 Å². The highest BCUT2D eigenvalue weighted by Crippen LogP contribution is 2.19. The third kappa shape index (κ3) is 1.20. The molecule has 0 saturated heterocycles. The third-order valence-corrected chi connectivity index (χ3v) is 2.15. The molecule has 0 aliphatic heterocycles. The van der Waals surface area contributed by atoms with Gasteiger partial charge in [-0.2, -0.15) is 0 Å². The summed E-state index contributed by atoms with van der Waals surface area (Å²) >= 11 is 0. The molecule has 0 amide bonds. The van der Waals surface area contributed by atoms with Crippen LogP contribution in [0.5, 0.6) is 0 Å². The fourth-order valence-corrected chi connectivity index (χ4v) is 1.46. The van der Waals surface area contributed by atoms with Crippen molar-refractivity contribution in [2.45, 2.75) is 13.5 Å². The van der Waals surface area contributed by atoms with Crippen molar-refractivity contribution >= 4 is 10.9 Å². The zero-order chi connectivity index (χ0) is 9.42. The molecular formula is C10H9F2N. The van der Waals surface area contributed by atoms with Crippen LogP contribution in [0.25, 0.3) is 10.9 Å². The highest BCUT2D eigenvalue weighted by molar-refractivity contribution is 5.80. The summed E-state index contributed by atoms with van der Waals surface area (Å²) in [4.78, 5) is 0. The van der Waals surface area contributed by atoms with Crippen LogP contribution in [0.3, 0.4) is 0 Å². The number of nitrogens with zero attached hydrogens (tertiary/aromatic N) is 1. The van der Waals surface area contributed by atoms with Gasteiger partial charge in [0.05, 0.1) is 5.52 Å². The number of aromatic nitrogens is 1. The van der Waals surface area contributed by atoms with Gasteiger partial charge in [0.25, 0.3) is 0 Å². The molecule has 0 fully saturated rings. The summed E-state index contributed by atoms with van der Waals surface area (Å²) in [6, 6.07) is 4.23. The average molecular weight is 181 g/mol. The molecule has 13 heavy (non-hydrogen) atoms. The van der Waals surface area contributed by atoms with Crippen molar-refractivity contribution in [3.05, 3.63) is 36.0 Å². The van der Waals surface area contributed by atoms with Crippen molar-refractivity contribution in [1.29, 1.82) is 0 Å². The first-order valence-electron chi connectivity index (χ1n) is 4.16. The molecule has 0 atom stereocenters. The maximum absolute atomic E-state index is 12.9. The van der Waals surface area contributed by atoms with Crippen LogP contribution in [0.4, 0.5) is 8.78 Å². The number of hydrogen-bond acceptors (Lipinski definition) is 0. The molecule has 1 aromatic carbocycles. The second-order valence-corrected chi connectivity index (χ2v) is 2.93. The summed E-state index contributed by atoms with van der Waals surface area (Å²) in [7, 11) is 0. The minimum absolute atomic E-state index is 0.737. The topological polar surface area (TPSA) is 4.93 Å². The number of fused-ring (bicyclic) bond motifs is 1. The smallest absolute Gasteiger partial charge is 0.160 e. The Morgan fingerprint density at radius 1 is 1.23 bits per heavy atom. The van der Waals surface area contributed by atoms with Gasteiger partial charge in [-0.1, -0.05) is 0 Å². The Labute approximate surface area is 74.6 Å². The Kier molecular flexibility index (Phi) is 1.79. The Morgan fingerprint density at radius 2 is 1.92 bits per heavy atom. The van der Waals surface area contributed by atoms with Crippen molar-refractivity contribution in [1.82, 2.24) is 4.57 Å². The largest absolute Gasteiger partial charge is 0.348 e. The molecule has 0 bridgehead atoms. The summed E-state index contributed by atoms with van der Waals surface area (Å²) in [5.41, 5.74) is 0.737. The zero-order valence-electron chi connectivity index (χ0n) is 7.22. The van der Waals surface area contributed by atoms with Gasteiger partial charge < -0.3 is 4.57 Å². The quantitative estimate of drug-likeness (QED) is 0.637. The van der Waals surface area contributed by atoms with Gasteiger partial charge in [-0.15, -0.1) is 0 Å². The van der Waals surface area contributed by atoms with E-state index in [-0.39, 0.29) is 0 Å². The van der Waals surface area contributed by atoms with Crippen LogP contribution in [0.15, 0.2) is 24.4 Å². The van der Waals surface area contributed by atoms with E-state index >= 15 is 0 Å². The van der Waals surface area contributed by atoms with Crippen molar-refractivity contribution in [3.63, 3.8) is 0 Å². The number of rotatable bonds is 1. The van der Waals surface area contributed by atoms with Crippen molar-refractivity contribution in [2.75, 3.05) is 0 Å².